The molecular formula is C14H11ClN2O3S. The molecule has 0 aliphatic carbocycles. The first kappa shape index (κ1) is 14.0. The van der Waals surface area contributed by atoms with Crippen molar-refractivity contribution in [3.63, 3.8) is 0 Å². The minimum atomic E-state index is -1.28. The maximum Gasteiger partial charge on any atom is 0.339 e. The molecule has 1 aliphatic rings. The number of nitrogens with one attached hydrogen (secondary N) is 1. The highest BCUT2D eigenvalue weighted by molar-refractivity contribution is 7.13. The molecule has 1 N–H and O–H groups in total. The van der Waals surface area contributed by atoms with Crippen LogP contribution in [0.2, 0.25) is 5.02 Å². The highest BCUT2D eigenvalue weighted by Crippen LogP contribution is 2.31. The van der Waals surface area contributed by atoms with Gasteiger partial charge in [0.05, 0.1) is 5.56 Å². The average Bonchev–Trinajstić information content (AvgIpc) is 2.90. The largest absolute Gasteiger partial charge is 0.445 e. The van der Waals surface area contributed by atoms with Gasteiger partial charge in [-0.25, -0.2) is 9.78 Å². The summed E-state index contributed by atoms with van der Waals surface area (Å²) in [5.41, 5.74) is -0.130. The number of thiazole rings is 1. The summed E-state index contributed by atoms with van der Waals surface area (Å²) < 4.78 is 5.33. The van der Waals surface area contributed by atoms with Crippen LogP contribution in [-0.2, 0) is 16.0 Å². The molecule has 1 atom stereocenters. The van der Waals surface area contributed by atoms with Gasteiger partial charge in [-0.05, 0) is 30.7 Å². The summed E-state index contributed by atoms with van der Waals surface area (Å²) in [4.78, 5) is 28.4. The number of carbonyl (C=O) groups excluding carboxylic acids is 2. The van der Waals surface area contributed by atoms with Crippen LogP contribution in [0.15, 0.2) is 29.8 Å². The van der Waals surface area contributed by atoms with E-state index in [2.05, 4.69) is 10.3 Å². The quantitative estimate of drug-likeness (QED) is 0.863. The van der Waals surface area contributed by atoms with E-state index in [0.29, 0.717) is 21.3 Å². The van der Waals surface area contributed by atoms with E-state index in [4.69, 9.17) is 16.3 Å². The first-order valence-electron chi connectivity index (χ1n) is 6.21. The second kappa shape index (κ2) is 5.13. The molecule has 2 aromatic rings. The summed E-state index contributed by atoms with van der Waals surface area (Å²) in [5.74, 6) is -0.930. The van der Waals surface area contributed by atoms with E-state index in [1.807, 2.05) is 0 Å². The Morgan fingerprint density at radius 3 is 3.05 bits per heavy atom. The average molecular weight is 323 g/mol. The number of benzene rings is 1. The molecule has 0 saturated heterocycles. The van der Waals surface area contributed by atoms with Gasteiger partial charge in [0.15, 0.2) is 10.7 Å². The molecule has 3 rings (SSSR count). The number of amides is 1. The predicted molar refractivity (Wildman–Crippen MR) is 79.7 cm³/mol. The summed E-state index contributed by atoms with van der Waals surface area (Å²) >= 11 is 7.25. The number of carbonyl (C=O) groups is 2. The van der Waals surface area contributed by atoms with Gasteiger partial charge in [-0.2, -0.15) is 0 Å². The highest BCUT2D eigenvalue weighted by Gasteiger charge is 2.43. The van der Waals surface area contributed by atoms with Crippen LogP contribution in [0.1, 0.15) is 22.8 Å². The molecule has 0 fully saturated rings. The molecule has 0 unspecified atom stereocenters. The fourth-order valence-electron chi connectivity index (χ4n) is 2.21. The van der Waals surface area contributed by atoms with Crippen molar-refractivity contribution in [1.29, 1.82) is 0 Å². The summed E-state index contributed by atoms with van der Waals surface area (Å²) in [5, 5.41) is 5.39. The summed E-state index contributed by atoms with van der Waals surface area (Å²) in [6.07, 6.45) is 1.86. The van der Waals surface area contributed by atoms with E-state index in [0.717, 1.165) is 0 Å². The number of nitrogens with zero attached hydrogens (tertiary/aromatic N) is 1. The second-order valence-corrected chi connectivity index (χ2v) is 6.22. The van der Waals surface area contributed by atoms with Crippen LogP contribution in [0.5, 0.6) is 0 Å². The van der Waals surface area contributed by atoms with Gasteiger partial charge in [0.1, 0.15) is 0 Å². The van der Waals surface area contributed by atoms with Gasteiger partial charge in [-0.1, -0.05) is 11.6 Å². The molecule has 0 radical (unpaired) electrons. The first-order chi connectivity index (χ1) is 9.98. The van der Waals surface area contributed by atoms with Gasteiger partial charge in [0.25, 0.3) is 5.91 Å². The molecule has 0 saturated carbocycles. The summed E-state index contributed by atoms with van der Waals surface area (Å²) in [7, 11) is 0. The zero-order valence-corrected chi connectivity index (χ0v) is 12.6. The summed E-state index contributed by atoms with van der Waals surface area (Å²) in [6, 6.07) is 4.92. The Balaban J connectivity index is 1.89. The topological polar surface area (TPSA) is 68.3 Å². The number of cyclic esters (lactones) is 1. The molecule has 2 heterocycles. The van der Waals surface area contributed by atoms with Gasteiger partial charge in [-0.3, -0.25) is 10.1 Å². The van der Waals surface area contributed by atoms with E-state index < -0.39 is 17.5 Å². The Hall–Kier alpha value is -1.92. The van der Waals surface area contributed by atoms with Crippen molar-refractivity contribution in [2.24, 2.45) is 0 Å². The van der Waals surface area contributed by atoms with Gasteiger partial charge in [0, 0.05) is 23.0 Å². The van der Waals surface area contributed by atoms with Crippen molar-refractivity contribution in [3.8, 4) is 0 Å². The molecule has 0 spiro atoms. The van der Waals surface area contributed by atoms with Crippen LogP contribution in [0.4, 0.5) is 5.13 Å². The number of fused-ring (bicyclic) bond motifs is 1. The molecule has 1 amide bonds. The number of ether oxygens (including phenoxy) is 1. The monoisotopic (exact) mass is 322 g/mol. The Morgan fingerprint density at radius 2 is 2.33 bits per heavy atom. The molecule has 1 aromatic heterocycles. The zero-order valence-electron chi connectivity index (χ0n) is 11.1. The van der Waals surface area contributed by atoms with Crippen molar-refractivity contribution in [2.75, 3.05) is 5.32 Å². The number of anilines is 1. The van der Waals surface area contributed by atoms with E-state index in [1.54, 1.807) is 36.7 Å². The Kier molecular flexibility index (Phi) is 3.43. The zero-order chi connectivity index (χ0) is 15.0. The van der Waals surface area contributed by atoms with Crippen molar-refractivity contribution in [2.45, 2.75) is 18.9 Å². The van der Waals surface area contributed by atoms with Crippen molar-refractivity contribution in [3.05, 3.63) is 45.9 Å². The third kappa shape index (κ3) is 2.64. The Morgan fingerprint density at radius 1 is 1.52 bits per heavy atom. The van der Waals surface area contributed by atoms with Crippen molar-refractivity contribution < 1.29 is 14.3 Å². The molecule has 5 nitrogen and oxygen atoms in total. The Bertz CT molecular complexity index is 717. The van der Waals surface area contributed by atoms with Crippen molar-refractivity contribution >= 4 is 39.9 Å². The fourth-order valence-corrected chi connectivity index (χ4v) is 2.93. The van der Waals surface area contributed by atoms with Crippen LogP contribution in [0.25, 0.3) is 0 Å². The fraction of sp³-hybridized carbons (Fsp3) is 0.214. The van der Waals surface area contributed by atoms with Crippen LogP contribution in [-0.4, -0.2) is 22.5 Å². The number of hydrogen-bond acceptors (Lipinski definition) is 5. The van der Waals surface area contributed by atoms with Gasteiger partial charge in [0.2, 0.25) is 0 Å². The van der Waals surface area contributed by atoms with Gasteiger partial charge in [-0.15, -0.1) is 11.3 Å². The predicted octanol–water partition coefficient (Wildman–Crippen LogP) is 2.91. The van der Waals surface area contributed by atoms with E-state index in [1.165, 1.54) is 11.3 Å². The first-order valence-corrected chi connectivity index (χ1v) is 7.46. The molecule has 108 valence electrons. The lowest BCUT2D eigenvalue weighted by Gasteiger charge is -2.32. The second-order valence-electron chi connectivity index (χ2n) is 4.89. The SMILES string of the molecule is C[C@@]1(C(=O)Nc2nccs2)Cc2cc(Cl)ccc2C(=O)O1. The Labute approximate surface area is 129 Å². The molecule has 21 heavy (non-hydrogen) atoms. The number of aromatic nitrogens is 1. The smallest absolute Gasteiger partial charge is 0.339 e. The minimum Gasteiger partial charge on any atom is -0.445 e. The third-order valence-electron chi connectivity index (χ3n) is 3.27. The number of esters is 1. The maximum absolute atomic E-state index is 12.4. The lowest BCUT2D eigenvalue weighted by atomic mass is 9.89. The highest BCUT2D eigenvalue weighted by atomic mass is 35.5. The van der Waals surface area contributed by atoms with E-state index >= 15 is 0 Å². The molecule has 1 aromatic carbocycles. The minimum absolute atomic E-state index is 0.270. The van der Waals surface area contributed by atoms with Gasteiger partial charge < -0.3 is 4.74 Å². The number of rotatable bonds is 2. The van der Waals surface area contributed by atoms with Gasteiger partial charge >= 0.3 is 5.97 Å². The molecular weight excluding hydrogens is 312 g/mol. The molecule has 1 aliphatic heterocycles. The van der Waals surface area contributed by atoms with Crippen LogP contribution >= 0.6 is 22.9 Å². The van der Waals surface area contributed by atoms with Crippen LogP contribution in [0.3, 0.4) is 0 Å². The van der Waals surface area contributed by atoms with Crippen molar-refractivity contribution in [1.82, 2.24) is 4.98 Å². The van der Waals surface area contributed by atoms with Crippen LogP contribution in [0, 0.1) is 0 Å². The normalized spacial score (nSPS) is 20.6. The number of halogens is 1. The number of hydrogen-bond donors (Lipinski definition) is 1. The molecule has 0 bridgehead atoms. The van der Waals surface area contributed by atoms with E-state index in [-0.39, 0.29) is 6.42 Å². The third-order valence-corrected chi connectivity index (χ3v) is 4.19. The lowest BCUT2D eigenvalue weighted by Crippen LogP contribution is -2.48. The van der Waals surface area contributed by atoms with E-state index in [9.17, 15) is 9.59 Å². The van der Waals surface area contributed by atoms with Crippen LogP contribution < -0.4 is 5.32 Å². The lowest BCUT2D eigenvalue weighted by molar-refractivity contribution is -0.134. The summed E-state index contributed by atoms with van der Waals surface area (Å²) in [6.45, 7) is 1.58. The maximum atomic E-state index is 12.4. The standard InChI is InChI=1S/C14H11ClN2O3S/c1-14(12(19)17-13-16-4-5-21-13)7-8-6-9(15)2-3-10(8)11(18)20-14/h2-6H,7H2,1H3,(H,16,17,19)/t14-/m0/s1. The molecule has 7 heteroatoms.